The molecule has 0 bridgehead atoms. The highest BCUT2D eigenvalue weighted by molar-refractivity contribution is 6.33. The average molecular weight is 243 g/mol. The fourth-order valence-corrected chi connectivity index (χ4v) is 1.55. The van der Waals surface area contributed by atoms with Gasteiger partial charge in [0.05, 0.1) is 5.02 Å². The minimum absolute atomic E-state index is 0.164. The monoisotopic (exact) mass is 242 g/mol. The molecule has 76 valence electrons. The van der Waals surface area contributed by atoms with Crippen molar-refractivity contribution >= 4 is 23.2 Å². The topological polar surface area (TPSA) is 25.8 Å². The maximum absolute atomic E-state index is 12.8. The molecular weight excluding hydrogens is 238 g/mol. The van der Waals surface area contributed by atoms with E-state index < -0.39 is 0 Å². The molecule has 0 aliphatic heterocycles. The van der Waals surface area contributed by atoms with Crippen molar-refractivity contribution < 1.29 is 4.39 Å². The van der Waals surface area contributed by atoms with E-state index in [1.807, 2.05) is 0 Å². The lowest BCUT2D eigenvalue weighted by Gasteiger charge is -2.03. The molecule has 0 spiro atoms. The zero-order valence-corrected chi connectivity index (χ0v) is 8.93. The number of benzene rings is 1. The molecule has 0 fully saturated rings. The van der Waals surface area contributed by atoms with Gasteiger partial charge in [-0.3, -0.25) is 0 Å². The molecule has 0 radical (unpaired) electrons. The fraction of sp³-hybridized carbons (Fsp3) is 0. The normalized spacial score (nSPS) is 10.3. The highest BCUT2D eigenvalue weighted by Crippen LogP contribution is 2.27. The number of nitrogens with zero attached hydrogens (tertiary/aromatic N) is 2. The van der Waals surface area contributed by atoms with Crippen molar-refractivity contribution in [3.8, 4) is 11.1 Å². The van der Waals surface area contributed by atoms with E-state index in [1.165, 1.54) is 24.5 Å². The Morgan fingerprint density at radius 3 is 2.33 bits per heavy atom. The van der Waals surface area contributed by atoms with Crippen LogP contribution in [0.2, 0.25) is 10.3 Å². The second kappa shape index (κ2) is 4.13. The first-order valence-electron chi connectivity index (χ1n) is 4.10. The van der Waals surface area contributed by atoms with Crippen LogP contribution in [0.5, 0.6) is 0 Å². The van der Waals surface area contributed by atoms with Crippen molar-refractivity contribution in [3.05, 3.63) is 46.7 Å². The van der Waals surface area contributed by atoms with Gasteiger partial charge in [-0.05, 0) is 29.8 Å². The zero-order chi connectivity index (χ0) is 10.8. The number of hydrogen-bond acceptors (Lipinski definition) is 2. The third-order valence-corrected chi connectivity index (χ3v) is 2.37. The maximum atomic E-state index is 12.8. The molecule has 1 aromatic heterocycles. The first-order chi connectivity index (χ1) is 7.16. The molecule has 0 aliphatic rings. The van der Waals surface area contributed by atoms with Gasteiger partial charge in [0.15, 0.2) is 0 Å². The Morgan fingerprint density at radius 2 is 1.73 bits per heavy atom. The van der Waals surface area contributed by atoms with Crippen molar-refractivity contribution in [2.24, 2.45) is 0 Å². The smallest absolute Gasteiger partial charge is 0.222 e. The van der Waals surface area contributed by atoms with Crippen LogP contribution in [0.3, 0.4) is 0 Å². The molecule has 2 rings (SSSR count). The lowest BCUT2D eigenvalue weighted by atomic mass is 10.1. The second-order valence-electron chi connectivity index (χ2n) is 2.86. The largest absolute Gasteiger partial charge is 0.226 e. The van der Waals surface area contributed by atoms with Gasteiger partial charge >= 0.3 is 0 Å². The predicted octanol–water partition coefficient (Wildman–Crippen LogP) is 3.59. The number of rotatable bonds is 1. The Hall–Kier alpha value is -1.19. The fourth-order valence-electron chi connectivity index (χ4n) is 1.17. The van der Waals surface area contributed by atoms with Crippen molar-refractivity contribution in [2.75, 3.05) is 0 Å². The van der Waals surface area contributed by atoms with Crippen LogP contribution >= 0.6 is 23.2 Å². The Morgan fingerprint density at radius 1 is 1.07 bits per heavy atom. The Balaban J connectivity index is 2.49. The van der Waals surface area contributed by atoms with Gasteiger partial charge in [0, 0.05) is 23.5 Å². The zero-order valence-electron chi connectivity index (χ0n) is 7.42. The summed E-state index contributed by atoms with van der Waals surface area (Å²) < 4.78 is 12.8. The molecule has 2 nitrogen and oxygen atoms in total. The summed E-state index contributed by atoms with van der Waals surface area (Å²) >= 11 is 11.4. The van der Waals surface area contributed by atoms with E-state index in [9.17, 15) is 4.39 Å². The van der Waals surface area contributed by atoms with E-state index in [1.54, 1.807) is 6.07 Å². The summed E-state index contributed by atoms with van der Waals surface area (Å²) in [5.41, 5.74) is 1.37. The predicted molar refractivity (Wildman–Crippen MR) is 57.4 cm³/mol. The summed E-state index contributed by atoms with van der Waals surface area (Å²) in [7, 11) is 0. The van der Waals surface area contributed by atoms with Gasteiger partial charge in [0.1, 0.15) is 5.82 Å². The molecule has 0 unspecified atom stereocenters. The van der Waals surface area contributed by atoms with Crippen molar-refractivity contribution in [1.82, 2.24) is 9.97 Å². The summed E-state index contributed by atoms with van der Waals surface area (Å²) in [6, 6.07) is 4.14. The van der Waals surface area contributed by atoms with E-state index in [2.05, 4.69) is 9.97 Å². The molecule has 0 saturated heterocycles. The molecule has 0 amide bonds. The summed E-state index contributed by atoms with van der Waals surface area (Å²) in [6.07, 6.45) is 3.07. The van der Waals surface area contributed by atoms with E-state index >= 15 is 0 Å². The molecule has 1 heterocycles. The third-order valence-electron chi connectivity index (χ3n) is 1.86. The lowest BCUT2D eigenvalue weighted by molar-refractivity contribution is 0.628. The van der Waals surface area contributed by atoms with Gasteiger partial charge in [0.25, 0.3) is 0 Å². The van der Waals surface area contributed by atoms with Gasteiger partial charge < -0.3 is 0 Å². The van der Waals surface area contributed by atoms with Gasteiger partial charge in [-0.1, -0.05) is 11.6 Å². The van der Waals surface area contributed by atoms with Gasteiger partial charge in [-0.25, -0.2) is 14.4 Å². The maximum Gasteiger partial charge on any atom is 0.222 e. The molecule has 5 heteroatoms. The molecule has 0 atom stereocenters. The first kappa shape index (κ1) is 10.3. The van der Waals surface area contributed by atoms with Crippen molar-refractivity contribution in [1.29, 1.82) is 0 Å². The molecule has 0 aliphatic carbocycles. The molecule has 1 aromatic carbocycles. The Labute approximate surface area is 95.7 Å². The highest BCUT2D eigenvalue weighted by Gasteiger charge is 2.05. The van der Waals surface area contributed by atoms with Crippen molar-refractivity contribution in [3.63, 3.8) is 0 Å². The number of aromatic nitrogens is 2. The summed E-state index contributed by atoms with van der Waals surface area (Å²) in [5, 5.41) is 0.484. The van der Waals surface area contributed by atoms with Crippen LogP contribution in [-0.4, -0.2) is 9.97 Å². The van der Waals surface area contributed by atoms with E-state index in [0.29, 0.717) is 16.1 Å². The standard InChI is InChI=1S/C10H5Cl2FN2/c11-9-3-7(13)1-2-8(9)6-4-14-10(12)15-5-6/h1-5H. The van der Waals surface area contributed by atoms with Gasteiger partial charge in [-0.2, -0.15) is 0 Å². The lowest BCUT2D eigenvalue weighted by Crippen LogP contribution is -1.86. The van der Waals surface area contributed by atoms with Crippen LogP contribution in [0.4, 0.5) is 4.39 Å². The minimum atomic E-state index is -0.376. The van der Waals surface area contributed by atoms with Gasteiger partial charge in [-0.15, -0.1) is 0 Å². The molecule has 15 heavy (non-hydrogen) atoms. The van der Waals surface area contributed by atoms with Crippen LogP contribution in [0.25, 0.3) is 11.1 Å². The Bertz CT molecular complexity index is 485. The third kappa shape index (κ3) is 2.25. The van der Waals surface area contributed by atoms with E-state index in [4.69, 9.17) is 23.2 Å². The van der Waals surface area contributed by atoms with Crippen LogP contribution < -0.4 is 0 Å². The summed E-state index contributed by atoms with van der Waals surface area (Å²) in [6.45, 7) is 0. The van der Waals surface area contributed by atoms with Gasteiger partial charge in [0.2, 0.25) is 5.28 Å². The average Bonchev–Trinajstić information content (AvgIpc) is 2.20. The van der Waals surface area contributed by atoms with Crippen LogP contribution in [0.15, 0.2) is 30.6 Å². The Kier molecular flexibility index (Phi) is 2.84. The highest BCUT2D eigenvalue weighted by atomic mass is 35.5. The van der Waals surface area contributed by atoms with Crippen LogP contribution in [0, 0.1) is 5.82 Å². The van der Waals surface area contributed by atoms with Crippen LogP contribution in [-0.2, 0) is 0 Å². The second-order valence-corrected chi connectivity index (χ2v) is 3.61. The number of hydrogen-bond donors (Lipinski definition) is 0. The molecule has 0 N–H and O–H groups in total. The van der Waals surface area contributed by atoms with E-state index in [0.717, 1.165) is 0 Å². The SMILES string of the molecule is Fc1ccc(-c2cnc(Cl)nc2)c(Cl)c1. The summed E-state index contributed by atoms with van der Waals surface area (Å²) in [4.78, 5) is 7.64. The molecule has 0 saturated carbocycles. The van der Waals surface area contributed by atoms with E-state index in [-0.39, 0.29) is 11.1 Å². The number of halogens is 3. The first-order valence-corrected chi connectivity index (χ1v) is 4.85. The quantitative estimate of drug-likeness (QED) is 0.715. The molecular formula is C10H5Cl2FN2. The molecule has 2 aromatic rings. The van der Waals surface area contributed by atoms with Crippen molar-refractivity contribution in [2.45, 2.75) is 0 Å². The summed E-state index contributed by atoms with van der Waals surface area (Å²) in [5.74, 6) is -0.376. The minimum Gasteiger partial charge on any atom is -0.226 e. The van der Waals surface area contributed by atoms with Crippen LogP contribution in [0.1, 0.15) is 0 Å².